The summed E-state index contributed by atoms with van der Waals surface area (Å²) in [4.78, 5) is 13.3. The van der Waals surface area contributed by atoms with E-state index in [9.17, 15) is 9.90 Å². The van der Waals surface area contributed by atoms with Crippen molar-refractivity contribution in [2.75, 3.05) is 11.9 Å². The molecule has 2 aromatic carbocycles. The van der Waals surface area contributed by atoms with Crippen LogP contribution in [0.1, 0.15) is 30.9 Å². The predicted molar refractivity (Wildman–Crippen MR) is 117 cm³/mol. The molecule has 7 nitrogen and oxygen atoms in total. The van der Waals surface area contributed by atoms with Crippen molar-refractivity contribution >= 4 is 33.3 Å². The first-order chi connectivity index (χ1) is 14.5. The lowest BCUT2D eigenvalue weighted by Crippen LogP contribution is -2.37. The molecule has 0 saturated carbocycles. The molecule has 1 amide bonds. The van der Waals surface area contributed by atoms with Gasteiger partial charge in [0.25, 0.3) is 0 Å². The monoisotopic (exact) mass is 421 g/mol. The van der Waals surface area contributed by atoms with Gasteiger partial charge in [-0.1, -0.05) is 61.6 Å². The molecule has 8 heteroatoms. The van der Waals surface area contributed by atoms with E-state index >= 15 is 0 Å². The molecule has 0 fully saturated rings. The maximum Gasteiger partial charge on any atom is 0.232 e. The fourth-order valence-corrected chi connectivity index (χ4v) is 4.29. The lowest BCUT2D eigenvalue weighted by Gasteiger charge is -2.33. The Bertz CT molecular complexity index is 1140. The first-order valence-electron chi connectivity index (χ1n) is 9.69. The zero-order valence-electron chi connectivity index (χ0n) is 16.8. The first kappa shape index (κ1) is 20.2. The van der Waals surface area contributed by atoms with E-state index in [0.29, 0.717) is 11.7 Å². The minimum atomic E-state index is -0.762. The SMILES string of the molecule is CC(C)(C(=O)Nc1nncs1)C(c1ccccc1)c1ccc2c(cnn2CCO)c1. The predicted octanol–water partition coefficient (Wildman–Crippen LogP) is 3.68. The second kappa shape index (κ2) is 8.33. The summed E-state index contributed by atoms with van der Waals surface area (Å²) in [5.74, 6) is -0.304. The Morgan fingerprint density at radius 3 is 2.70 bits per heavy atom. The summed E-state index contributed by atoms with van der Waals surface area (Å²) in [5.41, 5.74) is 3.86. The second-order valence-corrected chi connectivity index (χ2v) is 8.51. The number of carbonyl (C=O) groups is 1. The molecule has 4 rings (SSSR count). The van der Waals surface area contributed by atoms with Gasteiger partial charge in [0, 0.05) is 11.3 Å². The second-order valence-electron chi connectivity index (χ2n) is 7.67. The van der Waals surface area contributed by atoms with Crippen LogP contribution >= 0.6 is 11.3 Å². The van der Waals surface area contributed by atoms with Gasteiger partial charge >= 0.3 is 0 Å². The molecular weight excluding hydrogens is 398 g/mol. The number of benzene rings is 2. The Morgan fingerprint density at radius 2 is 2.00 bits per heavy atom. The van der Waals surface area contributed by atoms with Crippen molar-refractivity contribution in [2.24, 2.45) is 5.41 Å². The van der Waals surface area contributed by atoms with Crippen molar-refractivity contribution in [1.82, 2.24) is 20.0 Å². The summed E-state index contributed by atoms with van der Waals surface area (Å²) in [6, 6.07) is 16.1. The lowest BCUT2D eigenvalue weighted by molar-refractivity contribution is -0.124. The van der Waals surface area contributed by atoms with Gasteiger partial charge in [-0.25, -0.2) is 0 Å². The average Bonchev–Trinajstić information content (AvgIpc) is 3.39. The van der Waals surface area contributed by atoms with Crippen LogP contribution in [-0.4, -0.2) is 37.6 Å². The Kier molecular flexibility index (Phi) is 5.61. The van der Waals surface area contributed by atoms with Gasteiger partial charge in [0.2, 0.25) is 11.0 Å². The van der Waals surface area contributed by atoms with E-state index in [2.05, 4.69) is 26.7 Å². The number of aliphatic hydroxyl groups is 1. The maximum absolute atomic E-state index is 13.3. The molecule has 0 aliphatic heterocycles. The van der Waals surface area contributed by atoms with Crippen molar-refractivity contribution < 1.29 is 9.90 Å². The van der Waals surface area contributed by atoms with Crippen LogP contribution in [0.4, 0.5) is 5.13 Å². The number of anilines is 1. The molecule has 2 aromatic heterocycles. The molecule has 154 valence electrons. The maximum atomic E-state index is 13.3. The van der Waals surface area contributed by atoms with Crippen LogP contribution in [0, 0.1) is 5.41 Å². The van der Waals surface area contributed by atoms with Gasteiger partial charge in [0.1, 0.15) is 5.51 Å². The summed E-state index contributed by atoms with van der Waals surface area (Å²) in [7, 11) is 0. The van der Waals surface area contributed by atoms with Crippen molar-refractivity contribution in [3.8, 4) is 0 Å². The van der Waals surface area contributed by atoms with Crippen LogP contribution < -0.4 is 5.32 Å². The van der Waals surface area contributed by atoms with Gasteiger partial charge in [0.05, 0.1) is 30.3 Å². The molecular formula is C22H23N5O2S. The van der Waals surface area contributed by atoms with Crippen molar-refractivity contribution in [1.29, 1.82) is 0 Å². The minimum absolute atomic E-state index is 0.0317. The third-order valence-corrected chi connectivity index (χ3v) is 5.94. The smallest absolute Gasteiger partial charge is 0.232 e. The highest BCUT2D eigenvalue weighted by molar-refractivity contribution is 7.13. The topological polar surface area (TPSA) is 92.9 Å². The molecule has 0 bridgehead atoms. The number of fused-ring (bicyclic) bond motifs is 1. The highest BCUT2D eigenvalue weighted by Crippen LogP contribution is 2.42. The van der Waals surface area contributed by atoms with Crippen LogP contribution in [0.5, 0.6) is 0 Å². The summed E-state index contributed by atoms with van der Waals surface area (Å²) in [5, 5.41) is 25.7. The molecule has 1 unspecified atom stereocenters. The van der Waals surface area contributed by atoms with Crippen LogP contribution in [0.15, 0.2) is 60.2 Å². The van der Waals surface area contributed by atoms with E-state index < -0.39 is 5.41 Å². The number of aromatic nitrogens is 4. The van der Waals surface area contributed by atoms with Gasteiger partial charge < -0.3 is 10.4 Å². The van der Waals surface area contributed by atoms with Gasteiger partial charge in [-0.3, -0.25) is 9.48 Å². The largest absolute Gasteiger partial charge is 0.394 e. The molecule has 30 heavy (non-hydrogen) atoms. The summed E-state index contributed by atoms with van der Waals surface area (Å²) in [6.07, 6.45) is 1.80. The van der Waals surface area contributed by atoms with Gasteiger partial charge in [-0.2, -0.15) is 5.10 Å². The molecule has 0 radical (unpaired) electrons. The van der Waals surface area contributed by atoms with E-state index in [-0.39, 0.29) is 18.4 Å². The fourth-order valence-electron chi connectivity index (χ4n) is 3.85. The number of hydrogen-bond acceptors (Lipinski definition) is 6. The molecule has 4 aromatic rings. The number of hydrogen-bond donors (Lipinski definition) is 2. The number of amides is 1. The highest BCUT2D eigenvalue weighted by Gasteiger charge is 2.39. The van der Waals surface area contributed by atoms with E-state index in [0.717, 1.165) is 22.0 Å². The van der Waals surface area contributed by atoms with Crippen LogP contribution in [-0.2, 0) is 11.3 Å². The summed E-state index contributed by atoms with van der Waals surface area (Å²) >= 11 is 1.29. The quantitative estimate of drug-likeness (QED) is 0.475. The highest BCUT2D eigenvalue weighted by atomic mass is 32.1. The zero-order valence-corrected chi connectivity index (χ0v) is 17.6. The Labute approximate surface area is 178 Å². The van der Waals surface area contributed by atoms with Gasteiger partial charge in [0.15, 0.2) is 0 Å². The number of aliphatic hydroxyl groups excluding tert-OH is 1. The number of rotatable bonds is 7. The third-order valence-electron chi connectivity index (χ3n) is 5.33. The van der Waals surface area contributed by atoms with E-state index in [1.54, 1.807) is 16.4 Å². The lowest BCUT2D eigenvalue weighted by atomic mass is 9.70. The van der Waals surface area contributed by atoms with E-state index in [4.69, 9.17) is 0 Å². The standard InChI is InChI=1S/C22H23N5O2S/c1-22(2,20(29)25-21-26-23-14-30-21)19(15-6-4-3-5-7-15)16-8-9-18-17(12-16)13-24-27(18)10-11-28/h3-9,12-14,19,28H,10-11H2,1-2H3,(H,25,26,29). The zero-order chi connectivity index (χ0) is 21.1. The van der Waals surface area contributed by atoms with Crippen LogP contribution in [0.3, 0.4) is 0 Å². The molecule has 0 saturated heterocycles. The van der Waals surface area contributed by atoms with Crippen molar-refractivity contribution in [3.05, 3.63) is 71.4 Å². The van der Waals surface area contributed by atoms with Gasteiger partial charge in [-0.05, 0) is 23.3 Å². The Hall–Kier alpha value is -3.10. The number of nitrogens with one attached hydrogen (secondary N) is 1. The molecule has 2 heterocycles. The Morgan fingerprint density at radius 1 is 1.20 bits per heavy atom. The molecule has 0 aliphatic rings. The molecule has 0 spiro atoms. The van der Waals surface area contributed by atoms with Crippen molar-refractivity contribution in [3.63, 3.8) is 0 Å². The van der Waals surface area contributed by atoms with Gasteiger partial charge in [-0.15, -0.1) is 10.2 Å². The minimum Gasteiger partial charge on any atom is -0.394 e. The number of carbonyl (C=O) groups excluding carboxylic acids is 1. The normalized spacial score (nSPS) is 12.8. The number of nitrogens with zero attached hydrogens (tertiary/aromatic N) is 4. The summed E-state index contributed by atoms with van der Waals surface area (Å²) in [6.45, 7) is 4.37. The van der Waals surface area contributed by atoms with Crippen LogP contribution in [0.25, 0.3) is 10.9 Å². The average molecular weight is 422 g/mol. The van der Waals surface area contributed by atoms with Crippen LogP contribution in [0.2, 0.25) is 0 Å². The van der Waals surface area contributed by atoms with Crippen molar-refractivity contribution in [2.45, 2.75) is 26.3 Å². The first-order valence-corrected chi connectivity index (χ1v) is 10.6. The molecule has 2 N–H and O–H groups in total. The fraction of sp³-hybridized carbons (Fsp3) is 0.273. The van der Waals surface area contributed by atoms with E-state index in [1.807, 2.05) is 56.3 Å². The molecule has 1 atom stereocenters. The summed E-state index contributed by atoms with van der Waals surface area (Å²) < 4.78 is 1.78. The molecule has 0 aliphatic carbocycles. The van der Waals surface area contributed by atoms with E-state index in [1.165, 1.54) is 11.3 Å². The third kappa shape index (κ3) is 3.83. The Balaban J connectivity index is 1.77.